The fourth-order valence-corrected chi connectivity index (χ4v) is 3.06. The molecule has 0 saturated carbocycles. The third-order valence-corrected chi connectivity index (χ3v) is 4.37. The van der Waals surface area contributed by atoms with Crippen LogP contribution in [-0.4, -0.2) is 52.3 Å². The Hall–Kier alpha value is -2.15. The molecule has 1 spiro atoms. The topological polar surface area (TPSA) is 71.8 Å². The standard InChI is InChI=1S/C14H17N5O2/c20-12-9-21-14(10-15-12)4-7-18(8-5-14)13-17-16-11-3-1-2-6-19(11)13/h1-3,6H,4-5,7-10H2,(H,15,20). The second-order valence-electron chi connectivity index (χ2n) is 5.66. The number of carbonyl (C=O) groups is 1. The van der Waals surface area contributed by atoms with E-state index in [1.165, 1.54) is 0 Å². The average Bonchev–Trinajstić information content (AvgIpc) is 2.95. The SMILES string of the molecule is O=C1COC2(CCN(c3nnc4ccccn34)CC2)CN1. The predicted octanol–water partition coefficient (Wildman–Crippen LogP) is 0.215. The van der Waals surface area contributed by atoms with Crippen molar-refractivity contribution >= 4 is 17.5 Å². The molecule has 4 rings (SSSR count). The number of hydrogen-bond acceptors (Lipinski definition) is 5. The van der Waals surface area contributed by atoms with Crippen LogP contribution in [0.3, 0.4) is 0 Å². The largest absolute Gasteiger partial charge is 0.363 e. The number of hydrogen-bond donors (Lipinski definition) is 1. The molecule has 0 aliphatic carbocycles. The van der Waals surface area contributed by atoms with Crippen LogP contribution in [0.4, 0.5) is 5.95 Å². The highest BCUT2D eigenvalue weighted by Gasteiger charge is 2.39. The summed E-state index contributed by atoms with van der Waals surface area (Å²) >= 11 is 0. The van der Waals surface area contributed by atoms with Gasteiger partial charge in [0.1, 0.15) is 6.61 Å². The maximum absolute atomic E-state index is 11.2. The molecule has 2 aromatic rings. The lowest BCUT2D eigenvalue weighted by Gasteiger charge is -2.43. The average molecular weight is 287 g/mol. The molecule has 2 aromatic heterocycles. The first kappa shape index (κ1) is 12.6. The number of pyridine rings is 1. The van der Waals surface area contributed by atoms with Crippen molar-refractivity contribution in [3.63, 3.8) is 0 Å². The van der Waals surface area contributed by atoms with Crippen LogP contribution in [0.25, 0.3) is 5.65 Å². The number of nitrogens with zero attached hydrogens (tertiary/aromatic N) is 4. The van der Waals surface area contributed by atoms with E-state index in [9.17, 15) is 4.79 Å². The summed E-state index contributed by atoms with van der Waals surface area (Å²) in [6.45, 7) is 2.49. The van der Waals surface area contributed by atoms with Gasteiger partial charge < -0.3 is 15.0 Å². The minimum Gasteiger partial charge on any atom is -0.363 e. The smallest absolute Gasteiger partial charge is 0.246 e. The summed E-state index contributed by atoms with van der Waals surface area (Å²) in [5.74, 6) is 0.854. The number of amides is 1. The number of aromatic nitrogens is 3. The van der Waals surface area contributed by atoms with Gasteiger partial charge in [0.25, 0.3) is 0 Å². The Morgan fingerprint density at radius 2 is 2.10 bits per heavy atom. The van der Waals surface area contributed by atoms with Gasteiger partial charge in [0.15, 0.2) is 5.65 Å². The normalized spacial score (nSPS) is 21.7. The van der Waals surface area contributed by atoms with Crippen LogP contribution in [0.5, 0.6) is 0 Å². The van der Waals surface area contributed by atoms with E-state index in [1.807, 2.05) is 28.8 Å². The first-order valence-electron chi connectivity index (χ1n) is 7.21. The molecule has 1 N–H and O–H groups in total. The summed E-state index contributed by atoms with van der Waals surface area (Å²) < 4.78 is 7.79. The van der Waals surface area contributed by atoms with E-state index in [4.69, 9.17) is 4.74 Å². The molecule has 0 unspecified atom stereocenters. The lowest BCUT2D eigenvalue weighted by Crippen LogP contribution is -2.57. The number of carbonyl (C=O) groups excluding carboxylic acids is 1. The molecule has 110 valence electrons. The van der Waals surface area contributed by atoms with Crippen molar-refractivity contribution in [2.45, 2.75) is 18.4 Å². The third-order valence-electron chi connectivity index (χ3n) is 4.37. The molecule has 0 atom stereocenters. The second-order valence-corrected chi connectivity index (χ2v) is 5.66. The van der Waals surface area contributed by atoms with Crippen LogP contribution >= 0.6 is 0 Å². The summed E-state index contributed by atoms with van der Waals surface area (Å²) in [4.78, 5) is 13.4. The highest BCUT2D eigenvalue weighted by molar-refractivity contribution is 5.78. The van der Waals surface area contributed by atoms with Crippen LogP contribution in [0, 0.1) is 0 Å². The highest BCUT2D eigenvalue weighted by atomic mass is 16.5. The van der Waals surface area contributed by atoms with Gasteiger partial charge in [-0.3, -0.25) is 9.20 Å². The van der Waals surface area contributed by atoms with Gasteiger partial charge in [-0.2, -0.15) is 0 Å². The molecule has 0 radical (unpaired) electrons. The maximum Gasteiger partial charge on any atom is 0.246 e. The van der Waals surface area contributed by atoms with E-state index < -0.39 is 0 Å². The van der Waals surface area contributed by atoms with Crippen molar-refractivity contribution < 1.29 is 9.53 Å². The summed E-state index contributed by atoms with van der Waals surface area (Å²) in [7, 11) is 0. The van der Waals surface area contributed by atoms with E-state index in [0.29, 0.717) is 6.54 Å². The third kappa shape index (κ3) is 2.13. The van der Waals surface area contributed by atoms with Crippen molar-refractivity contribution in [2.24, 2.45) is 0 Å². The molecule has 2 aliphatic heterocycles. The van der Waals surface area contributed by atoms with Crippen LogP contribution in [-0.2, 0) is 9.53 Å². The number of ether oxygens (including phenoxy) is 1. The molecule has 1 amide bonds. The van der Waals surface area contributed by atoms with E-state index in [0.717, 1.165) is 37.5 Å². The summed E-state index contributed by atoms with van der Waals surface area (Å²) in [5, 5.41) is 11.4. The molecule has 2 aliphatic rings. The van der Waals surface area contributed by atoms with Gasteiger partial charge in [0.2, 0.25) is 11.9 Å². The first-order chi connectivity index (χ1) is 10.3. The molecule has 21 heavy (non-hydrogen) atoms. The van der Waals surface area contributed by atoms with Crippen molar-refractivity contribution in [1.82, 2.24) is 19.9 Å². The van der Waals surface area contributed by atoms with Crippen molar-refractivity contribution in [1.29, 1.82) is 0 Å². The molecule has 2 saturated heterocycles. The summed E-state index contributed by atoms with van der Waals surface area (Å²) in [6.07, 6.45) is 3.75. The predicted molar refractivity (Wildman–Crippen MR) is 76.1 cm³/mol. The molecule has 0 bridgehead atoms. The van der Waals surface area contributed by atoms with E-state index in [1.54, 1.807) is 0 Å². The van der Waals surface area contributed by atoms with Crippen LogP contribution in [0.1, 0.15) is 12.8 Å². The second kappa shape index (κ2) is 4.70. The van der Waals surface area contributed by atoms with Crippen molar-refractivity contribution in [2.75, 3.05) is 31.1 Å². The Morgan fingerprint density at radius 3 is 2.86 bits per heavy atom. The fourth-order valence-electron chi connectivity index (χ4n) is 3.06. The summed E-state index contributed by atoms with van der Waals surface area (Å²) in [6, 6.07) is 5.88. The first-order valence-corrected chi connectivity index (χ1v) is 7.21. The number of anilines is 1. The maximum atomic E-state index is 11.2. The monoisotopic (exact) mass is 287 g/mol. The number of nitrogens with one attached hydrogen (secondary N) is 1. The highest BCUT2D eigenvalue weighted by Crippen LogP contribution is 2.29. The molecular weight excluding hydrogens is 270 g/mol. The molecule has 4 heterocycles. The Kier molecular flexibility index (Phi) is 2.81. The van der Waals surface area contributed by atoms with E-state index >= 15 is 0 Å². The Morgan fingerprint density at radius 1 is 1.24 bits per heavy atom. The van der Waals surface area contributed by atoms with Crippen LogP contribution < -0.4 is 10.2 Å². The van der Waals surface area contributed by atoms with E-state index in [-0.39, 0.29) is 18.1 Å². The van der Waals surface area contributed by atoms with Gasteiger partial charge in [-0.25, -0.2) is 0 Å². The van der Waals surface area contributed by atoms with Gasteiger partial charge in [-0.05, 0) is 25.0 Å². The van der Waals surface area contributed by atoms with Crippen molar-refractivity contribution in [3.05, 3.63) is 24.4 Å². The number of rotatable bonds is 1. The lowest BCUT2D eigenvalue weighted by molar-refractivity contribution is -0.146. The molecular formula is C14H17N5O2. The van der Waals surface area contributed by atoms with Crippen LogP contribution in [0.15, 0.2) is 24.4 Å². The number of morpholine rings is 1. The van der Waals surface area contributed by atoms with Gasteiger partial charge in [0, 0.05) is 25.8 Å². The number of piperidine rings is 1. The zero-order valence-electron chi connectivity index (χ0n) is 11.7. The quantitative estimate of drug-likeness (QED) is 0.812. The molecule has 0 aromatic carbocycles. The zero-order chi connectivity index (χ0) is 14.3. The minimum atomic E-state index is -0.203. The van der Waals surface area contributed by atoms with Crippen molar-refractivity contribution in [3.8, 4) is 0 Å². The van der Waals surface area contributed by atoms with E-state index in [2.05, 4.69) is 20.4 Å². The Labute approximate surface area is 121 Å². The van der Waals surface area contributed by atoms with Gasteiger partial charge in [0.05, 0.1) is 5.60 Å². The minimum absolute atomic E-state index is 0.0218. The molecule has 2 fully saturated rings. The van der Waals surface area contributed by atoms with Gasteiger partial charge >= 0.3 is 0 Å². The Bertz CT molecular complexity index is 663. The molecule has 7 nitrogen and oxygen atoms in total. The zero-order valence-corrected chi connectivity index (χ0v) is 11.7. The number of fused-ring (bicyclic) bond motifs is 1. The fraction of sp³-hybridized carbons (Fsp3) is 0.500. The summed E-state index contributed by atoms with van der Waals surface area (Å²) in [5.41, 5.74) is 0.652. The molecule has 7 heteroatoms. The van der Waals surface area contributed by atoms with Gasteiger partial charge in [-0.1, -0.05) is 6.07 Å². The lowest BCUT2D eigenvalue weighted by atomic mass is 9.90. The Balaban J connectivity index is 1.51. The van der Waals surface area contributed by atoms with Crippen LogP contribution in [0.2, 0.25) is 0 Å². The van der Waals surface area contributed by atoms with Gasteiger partial charge in [-0.15, -0.1) is 10.2 Å².